The molecule has 1 aromatic rings. The van der Waals surface area contributed by atoms with Crippen LogP contribution in [-0.2, 0) is 16.1 Å². The summed E-state index contributed by atoms with van der Waals surface area (Å²) >= 11 is 0. The predicted molar refractivity (Wildman–Crippen MR) is 89.6 cm³/mol. The van der Waals surface area contributed by atoms with Gasteiger partial charge in [-0.05, 0) is 30.7 Å². The van der Waals surface area contributed by atoms with E-state index in [1.54, 1.807) is 0 Å². The Morgan fingerprint density at radius 2 is 1.78 bits per heavy atom. The molecule has 2 fully saturated rings. The van der Waals surface area contributed by atoms with Gasteiger partial charge in [0, 0.05) is 6.54 Å². The molecule has 124 valence electrons. The van der Waals surface area contributed by atoms with Gasteiger partial charge in [-0.15, -0.1) is 0 Å². The van der Waals surface area contributed by atoms with Crippen LogP contribution >= 0.6 is 0 Å². The van der Waals surface area contributed by atoms with Crippen LogP contribution in [0.25, 0.3) is 0 Å². The molecule has 1 aliphatic carbocycles. The average molecular weight is 314 g/mol. The van der Waals surface area contributed by atoms with Gasteiger partial charge in [0.1, 0.15) is 12.1 Å². The number of hydrogen-bond donors (Lipinski definition) is 1. The summed E-state index contributed by atoms with van der Waals surface area (Å²) in [5.74, 6) is 0.417. The minimum atomic E-state index is -0.369. The van der Waals surface area contributed by atoms with E-state index in [0.29, 0.717) is 18.9 Å². The molecule has 2 amide bonds. The number of carbonyl (C=O) groups excluding carboxylic acids is 2. The van der Waals surface area contributed by atoms with Crippen LogP contribution in [0.15, 0.2) is 30.3 Å². The maximum Gasteiger partial charge on any atom is 0.246 e. The third kappa shape index (κ3) is 3.41. The van der Waals surface area contributed by atoms with E-state index in [1.807, 2.05) is 42.2 Å². The fourth-order valence-electron chi connectivity index (χ4n) is 3.95. The standard InChI is InChI=1S/C19H26N2O2/c1-2-16-19(23)21(13-14-9-5-3-6-10-14)17(18(22)20-16)15-11-7-4-8-12-15/h3,5-6,9-10,15-17H,2,4,7-8,11-13H2,1H3,(H,20,22). The molecule has 1 saturated carbocycles. The third-order valence-electron chi connectivity index (χ3n) is 5.20. The minimum absolute atomic E-state index is 0.0410. The van der Waals surface area contributed by atoms with Crippen LogP contribution in [0, 0.1) is 5.92 Å². The Hall–Kier alpha value is -1.84. The lowest BCUT2D eigenvalue weighted by molar-refractivity contribution is -0.153. The molecule has 1 saturated heterocycles. The lowest BCUT2D eigenvalue weighted by atomic mass is 9.81. The van der Waals surface area contributed by atoms with E-state index >= 15 is 0 Å². The Bertz CT molecular complexity index is 552. The van der Waals surface area contributed by atoms with Crippen molar-refractivity contribution in [3.05, 3.63) is 35.9 Å². The first-order valence-electron chi connectivity index (χ1n) is 8.85. The molecule has 0 spiro atoms. The zero-order valence-electron chi connectivity index (χ0n) is 13.8. The van der Waals surface area contributed by atoms with E-state index < -0.39 is 0 Å². The number of rotatable bonds is 4. The van der Waals surface area contributed by atoms with E-state index in [2.05, 4.69) is 5.32 Å². The number of benzene rings is 1. The molecular formula is C19H26N2O2. The maximum atomic E-state index is 12.9. The van der Waals surface area contributed by atoms with Crippen molar-refractivity contribution in [2.45, 2.75) is 64.1 Å². The highest BCUT2D eigenvalue weighted by Crippen LogP contribution is 2.32. The van der Waals surface area contributed by atoms with Crippen molar-refractivity contribution in [3.8, 4) is 0 Å². The van der Waals surface area contributed by atoms with Gasteiger partial charge in [0.25, 0.3) is 0 Å². The summed E-state index contributed by atoms with van der Waals surface area (Å²) in [6.07, 6.45) is 6.32. The number of carbonyl (C=O) groups is 2. The second-order valence-electron chi connectivity index (χ2n) is 6.76. The van der Waals surface area contributed by atoms with Gasteiger partial charge in [0.05, 0.1) is 0 Å². The highest BCUT2D eigenvalue weighted by atomic mass is 16.2. The van der Waals surface area contributed by atoms with E-state index in [1.165, 1.54) is 19.3 Å². The number of nitrogens with one attached hydrogen (secondary N) is 1. The van der Waals surface area contributed by atoms with Gasteiger partial charge in [0.15, 0.2) is 0 Å². The van der Waals surface area contributed by atoms with Crippen LogP contribution in [0.1, 0.15) is 51.0 Å². The zero-order chi connectivity index (χ0) is 16.2. The first kappa shape index (κ1) is 16.0. The van der Waals surface area contributed by atoms with Crippen LogP contribution in [0.4, 0.5) is 0 Å². The van der Waals surface area contributed by atoms with Gasteiger partial charge >= 0.3 is 0 Å². The average Bonchev–Trinajstić information content (AvgIpc) is 2.59. The van der Waals surface area contributed by atoms with Gasteiger partial charge in [-0.3, -0.25) is 9.59 Å². The van der Waals surface area contributed by atoms with Crippen molar-refractivity contribution < 1.29 is 9.59 Å². The maximum absolute atomic E-state index is 12.9. The molecule has 1 aromatic carbocycles. The summed E-state index contributed by atoms with van der Waals surface area (Å²) in [5.41, 5.74) is 1.09. The fourth-order valence-corrected chi connectivity index (χ4v) is 3.95. The topological polar surface area (TPSA) is 49.4 Å². The summed E-state index contributed by atoms with van der Waals surface area (Å²) in [5, 5.41) is 2.95. The molecule has 3 rings (SSSR count). The van der Waals surface area contributed by atoms with E-state index in [4.69, 9.17) is 0 Å². The Morgan fingerprint density at radius 3 is 2.43 bits per heavy atom. The fraction of sp³-hybridized carbons (Fsp3) is 0.579. The van der Waals surface area contributed by atoms with E-state index in [-0.39, 0.29) is 23.9 Å². The van der Waals surface area contributed by atoms with Crippen molar-refractivity contribution in [2.75, 3.05) is 0 Å². The van der Waals surface area contributed by atoms with Gasteiger partial charge in [-0.2, -0.15) is 0 Å². The molecule has 2 aliphatic rings. The molecule has 4 nitrogen and oxygen atoms in total. The van der Waals surface area contributed by atoms with Crippen LogP contribution in [0.2, 0.25) is 0 Å². The third-order valence-corrected chi connectivity index (χ3v) is 5.20. The molecule has 0 bridgehead atoms. The molecule has 2 atom stereocenters. The Kier molecular flexibility index (Phi) is 4.99. The van der Waals surface area contributed by atoms with Crippen LogP contribution in [-0.4, -0.2) is 28.8 Å². The molecule has 0 radical (unpaired) electrons. The van der Waals surface area contributed by atoms with Gasteiger partial charge in [0.2, 0.25) is 11.8 Å². The molecule has 1 heterocycles. The normalized spacial score (nSPS) is 26.2. The Morgan fingerprint density at radius 1 is 1.09 bits per heavy atom. The second kappa shape index (κ2) is 7.16. The molecule has 23 heavy (non-hydrogen) atoms. The van der Waals surface area contributed by atoms with Crippen LogP contribution in [0.5, 0.6) is 0 Å². The molecule has 2 unspecified atom stereocenters. The Labute approximate surface area is 138 Å². The lowest BCUT2D eigenvalue weighted by Crippen LogP contribution is -2.64. The lowest BCUT2D eigenvalue weighted by Gasteiger charge is -2.43. The van der Waals surface area contributed by atoms with Crippen LogP contribution in [0.3, 0.4) is 0 Å². The van der Waals surface area contributed by atoms with Crippen molar-refractivity contribution in [1.82, 2.24) is 10.2 Å². The smallest absolute Gasteiger partial charge is 0.246 e. The number of piperazine rings is 1. The van der Waals surface area contributed by atoms with Crippen molar-refractivity contribution in [2.24, 2.45) is 5.92 Å². The Balaban J connectivity index is 1.86. The molecule has 4 heteroatoms. The van der Waals surface area contributed by atoms with Gasteiger partial charge in [-0.25, -0.2) is 0 Å². The zero-order valence-corrected chi connectivity index (χ0v) is 13.8. The second-order valence-corrected chi connectivity index (χ2v) is 6.76. The minimum Gasteiger partial charge on any atom is -0.343 e. The van der Waals surface area contributed by atoms with E-state index in [0.717, 1.165) is 18.4 Å². The SMILES string of the molecule is CCC1NC(=O)C(C2CCCCC2)N(Cc2ccccc2)C1=O. The van der Waals surface area contributed by atoms with E-state index in [9.17, 15) is 9.59 Å². The highest BCUT2D eigenvalue weighted by Gasteiger charge is 2.43. The van der Waals surface area contributed by atoms with Crippen LogP contribution < -0.4 is 5.32 Å². The summed E-state index contributed by atoms with van der Waals surface area (Å²) in [6, 6.07) is 9.32. The number of hydrogen-bond acceptors (Lipinski definition) is 2. The first-order valence-corrected chi connectivity index (χ1v) is 8.85. The number of nitrogens with zero attached hydrogens (tertiary/aromatic N) is 1. The predicted octanol–water partition coefficient (Wildman–Crippen LogP) is 2.87. The molecule has 0 aromatic heterocycles. The summed E-state index contributed by atoms with van der Waals surface area (Å²) in [7, 11) is 0. The quantitative estimate of drug-likeness (QED) is 0.929. The summed E-state index contributed by atoms with van der Waals surface area (Å²) in [6.45, 7) is 2.48. The van der Waals surface area contributed by atoms with Gasteiger partial charge in [-0.1, -0.05) is 56.5 Å². The van der Waals surface area contributed by atoms with Gasteiger partial charge < -0.3 is 10.2 Å². The van der Waals surface area contributed by atoms with Crippen molar-refractivity contribution in [1.29, 1.82) is 0 Å². The highest BCUT2D eigenvalue weighted by molar-refractivity contribution is 5.97. The molecule has 1 N–H and O–H groups in total. The number of amides is 2. The molecule has 1 aliphatic heterocycles. The first-order chi connectivity index (χ1) is 11.2. The largest absolute Gasteiger partial charge is 0.343 e. The summed E-state index contributed by atoms with van der Waals surface area (Å²) in [4.78, 5) is 27.4. The molecular weight excluding hydrogens is 288 g/mol. The van der Waals surface area contributed by atoms with Crippen molar-refractivity contribution in [3.63, 3.8) is 0 Å². The summed E-state index contributed by atoms with van der Waals surface area (Å²) < 4.78 is 0. The van der Waals surface area contributed by atoms with Crippen molar-refractivity contribution >= 4 is 11.8 Å². The monoisotopic (exact) mass is 314 g/mol.